The zero-order valence-electron chi connectivity index (χ0n) is 24.2. The number of para-hydroxylation sites is 1. The molecule has 1 aliphatic rings. The molecule has 1 fully saturated rings. The molecule has 0 unspecified atom stereocenters. The Morgan fingerprint density at radius 2 is 1.79 bits per heavy atom. The molecule has 1 saturated heterocycles. The van der Waals surface area contributed by atoms with Gasteiger partial charge in [0.2, 0.25) is 5.91 Å². The van der Waals surface area contributed by atoms with Crippen molar-refractivity contribution in [3.8, 4) is 5.69 Å². The van der Waals surface area contributed by atoms with E-state index in [2.05, 4.69) is 31.2 Å². The Hall–Kier alpha value is -4.54. The van der Waals surface area contributed by atoms with E-state index in [-0.39, 0.29) is 24.6 Å². The minimum Gasteiger partial charge on any atom is -0.465 e. The summed E-state index contributed by atoms with van der Waals surface area (Å²) in [6, 6.07) is 20.7. The number of benzene rings is 2. The van der Waals surface area contributed by atoms with Crippen molar-refractivity contribution >= 4 is 40.6 Å². The Morgan fingerprint density at radius 1 is 1.02 bits per heavy atom. The molecule has 0 radical (unpaired) electrons. The first-order chi connectivity index (χ1) is 20.2. The fourth-order valence-corrected chi connectivity index (χ4v) is 5.96. The minimum absolute atomic E-state index is 0.0239. The topological polar surface area (TPSA) is 97.7 Å². The number of pyridine rings is 1. The second-order valence-electron chi connectivity index (χ2n) is 10.1. The number of thiocarbonyl (C=S) groups is 1. The summed E-state index contributed by atoms with van der Waals surface area (Å²) < 4.78 is 12.1. The molecule has 1 aliphatic heterocycles. The lowest BCUT2D eigenvalue weighted by Crippen LogP contribution is -2.29. The van der Waals surface area contributed by atoms with E-state index in [0.717, 1.165) is 39.6 Å². The molecule has 0 aliphatic carbocycles. The second kappa shape index (κ2) is 12.1. The van der Waals surface area contributed by atoms with Gasteiger partial charge in [0, 0.05) is 36.1 Å². The normalized spacial score (nSPS) is 16.3. The van der Waals surface area contributed by atoms with Gasteiger partial charge in [-0.1, -0.05) is 18.2 Å². The van der Waals surface area contributed by atoms with Crippen LogP contribution in [0.3, 0.4) is 0 Å². The van der Waals surface area contributed by atoms with E-state index in [9.17, 15) is 9.59 Å². The third-order valence-corrected chi connectivity index (χ3v) is 7.79. The van der Waals surface area contributed by atoms with Crippen molar-refractivity contribution in [3.05, 3.63) is 107 Å². The van der Waals surface area contributed by atoms with Crippen LogP contribution >= 0.6 is 12.2 Å². The summed E-state index contributed by atoms with van der Waals surface area (Å²) in [4.78, 5) is 31.6. The van der Waals surface area contributed by atoms with Crippen molar-refractivity contribution < 1.29 is 19.1 Å². The first-order valence-electron chi connectivity index (χ1n) is 13.5. The van der Waals surface area contributed by atoms with Crippen LogP contribution in [-0.2, 0) is 14.3 Å². The van der Waals surface area contributed by atoms with Gasteiger partial charge in [0.1, 0.15) is 6.61 Å². The maximum absolute atomic E-state index is 12.7. The van der Waals surface area contributed by atoms with Crippen LogP contribution < -0.4 is 15.5 Å². The zero-order chi connectivity index (χ0) is 30.0. The van der Waals surface area contributed by atoms with Crippen molar-refractivity contribution in [2.45, 2.75) is 32.9 Å². The van der Waals surface area contributed by atoms with Crippen LogP contribution in [-0.4, -0.2) is 47.4 Å². The van der Waals surface area contributed by atoms with E-state index in [4.69, 9.17) is 21.7 Å². The standard InChI is InChI=1S/C32H33N5O4S/c1-19-16-22(13-14-25(19)34-28(38)18-40-4)37-30(29(35-32(37)42)26-11-8-9-15-33-26)24-17-20(2)36(21(24)3)27-12-7-6-10-23(27)31(39)41-5/h6-17,29-30H,18H2,1-5H3,(H,34,38)(H,35,42)/t29-,30+/m1/s1. The van der Waals surface area contributed by atoms with Gasteiger partial charge in [-0.2, -0.15) is 0 Å². The fraction of sp³-hybridized carbons (Fsp3) is 0.250. The summed E-state index contributed by atoms with van der Waals surface area (Å²) in [5.41, 5.74) is 7.50. The summed E-state index contributed by atoms with van der Waals surface area (Å²) in [6.07, 6.45) is 1.78. The number of hydrogen-bond donors (Lipinski definition) is 2. The fourth-order valence-electron chi connectivity index (χ4n) is 5.61. The third-order valence-electron chi connectivity index (χ3n) is 7.47. The molecule has 5 rings (SSSR count). The van der Waals surface area contributed by atoms with Crippen LogP contribution in [0.4, 0.5) is 11.4 Å². The number of methoxy groups -OCH3 is 2. The van der Waals surface area contributed by atoms with E-state index in [1.807, 2.05) is 75.4 Å². The molecule has 3 heterocycles. The van der Waals surface area contributed by atoms with Crippen molar-refractivity contribution in [1.82, 2.24) is 14.9 Å². The van der Waals surface area contributed by atoms with Gasteiger partial charge in [-0.15, -0.1) is 0 Å². The smallest absolute Gasteiger partial charge is 0.339 e. The Bertz CT molecular complexity index is 1650. The molecule has 0 saturated carbocycles. The van der Waals surface area contributed by atoms with Crippen LogP contribution in [0, 0.1) is 20.8 Å². The van der Waals surface area contributed by atoms with Crippen LogP contribution in [0.25, 0.3) is 5.69 Å². The number of aryl methyl sites for hydroxylation is 2. The molecule has 42 heavy (non-hydrogen) atoms. The molecule has 2 N–H and O–H groups in total. The largest absolute Gasteiger partial charge is 0.465 e. The van der Waals surface area contributed by atoms with Gasteiger partial charge < -0.3 is 29.6 Å². The molecule has 0 spiro atoms. The highest BCUT2D eigenvalue weighted by Crippen LogP contribution is 2.44. The molecular weight excluding hydrogens is 550 g/mol. The van der Waals surface area contributed by atoms with Gasteiger partial charge in [-0.25, -0.2) is 4.79 Å². The number of ether oxygens (including phenoxy) is 2. The summed E-state index contributed by atoms with van der Waals surface area (Å²) in [7, 11) is 2.87. The number of nitrogens with one attached hydrogen (secondary N) is 2. The molecule has 2 aromatic heterocycles. The number of anilines is 2. The average Bonchev–Trinajstić information content (AvgIpc) is 3.48. The SMILES string of the molecule is COCC(=O)Nc1ccc(N2C(=S)N[C@H](c3ccccn3)[C@@H]2c2cc(C)n(-c3ccccc3C(=O)OC)c2C)cc1C. The van der Waals surface area contributed by atoms with E-state index in [0.29, 0.717) is 16.4 Å². The summed E-state index contributed by atoms with van der Waals surface area (Å²) >= 11 is 5.94. The van der Waals surface area contributed by atoms with Crippen molar-refractivity contribution in [2.75, 3.05) is 31.0 Å². The predicted octanol–water partition coefficient (Wildman–Crippen LogP) is 5.35. The van der Waals surface area contributed by atoms with E-state index < -0.39 is 5.97 Å². The molecule has 1 amide bonds. The molecule has 0 bridgehead atoms. The van der Waals surface area contributed by atoms with Crippen molar-refractivity contribution in [3.63, 3.8) is 0 Å². The third kappa shape index (κ3) is 5.38. The lowest BCUT2D eigenvalue weighted by molar-refractivity contribution is -0.119. The molecule has 9 nitrogen and oxygen atoms in total. The zero-order valence-corrected chi connectivity index (χ0v) is 25.0. The Morgan fingerprint density at radius 3 is 2.48 bits per heavy atom. The van der Waals surface area contributed by atoms with Crippen LogP contribution in [0.15, 0.2) is 72.9 Å². The van der Waals surface area contributed by atoms with Crippen LogP contribution in [0.1, 0.15) is 50.7 Å². The highest BCUT2D eigenvalue weighted by Gasteiger charge is 2.42. The highest BCUT2D eigenvalue weighted by atomic mass is 32.1. The van der Waals surface area contributed by atoms with Crippen molar-refractivity contribution in [1.29, 1.82) is 0 Å². The summed E-state index contributed by atoms with van der Waals surface area (Å²) in [6.45, 7) is 5.99. The molecule has 4 aromatic rings. The quantitative estimate of drug-likeness (QED) is 0.212. The van der Waals surface area contributed by atoms with Gasteiger partial charge >= 0.3 is 5.97 Å². The van der Waals surface area contributed by atoms with E-state index in [1.54, 1.807) is 12.3 Å². The van der Waals surface area contributed by atoms with Crippen LogP contribution in [0.5, 0.6) is 0 Å². The van der Waals surface area contributed by atoms with Gasteiger partial charge in [-0.05, 0) is 92.6 Å². The van der Waals surface area contributed by atoms with Gasteiger partial charge in [-0.3, -0.25) is 9.78 Å². The number of aromatic nitrogens is 2. The maximum atomic E-state index is 12.7. The van der Waals surface area contributed by atoms with Gasteiger partial charge in [0.05, 0.1) is 36.1 Å². The van der Waals surface area contributed by atoms with Crippen LogP contribution in [0.2, 0.25) is 0 Å². The number of hydrogen-bond acceptors (Lipinski definition) is 6. The number of amides is 1. The minimum atomic E-state index is -0.399. The van der Waals surface area contributed by atoms with E-state index in [1.165, 1.54) is 14.2 Å². The summed E-state index contributed by atoms with van der Waals surface area (Å²) in [5, 5.41) is 6.96. The number of carbonyl (C=O) groups is 2. The Kier molecular flexibility index (Phi) is 8.37. The Labute approximate surface area is 250 Å². The molecule has 2 atom stereocenters. The summed E-state index contributed by atoms with van der Waals surface area (Å²) in [5.74, 6) is -0.621. The molecule has 216 valence electrons. The predicted molar refractivity (Wildman–Crippen MR) is 166 cm³/mol. The molecule has 2 aromatic carbocycles. The average molecular weight is 584 g/mol. The maximum Gasteiger partial charge on any atom is 0.339 e. The number of rotatable bonds is 8. The number of esters is 1. The molecular formula is C32H33N5O4S. The number of nitrogens with zero attached hydrogens (tertiary/aromatic N) is 3. The highest BCUT2D eigenvalue weighted by molar-refractivity contribution is 7.80. The van der Waals surface area contributed by atoms with Gasteiger partial charge in [0.15, 0.2) is 5.11 Å². The lowest BCUT2D eigenvalue weighted by Gasteiger charge is -2.29. The number of carbonyl (C=O) groups excluding carboxylic acids is 2. The van der Waals surface area contributed by atoms with Gasteiger partial charge in [0.25, 0.3) is 0 Å². The lowest BCUT2D eigenvalue weighted by atomic mass is 9.96. The molecule has 10 heteroatoms. The Balaban J connectivity index is 1.63. The van der Waals surface area contributed by atoms with Crippen molar-refractivity contribution in [2.24, 2.45) is 0 Å². The van der Waals surface area contributed by atoms with E-state index >= 15 is 0 Å². The first kappa shape index (κ1) is 29.0. The first-order valence-corrected chi connectivity index (χ1v) is 13.9. The second-order valence-corrected chi connectivity index (χ2v) is 10.5. The monoisotopic (exact) mass is 583 g/mol.